The molecule has 0 atom stereocenters. The highest BCUT2D eigenvalue weighted by Crippen LogP contribution is 2.21. The first-order valence-electron chi connectivity index (χ1n) is 4.83. The van der Waals surface area contributed by atoms with Gasteiger partial charge in [-0.05, 0) is 11.5 Å². The van der Waals surface area contributed by atoms with Crippen molar-refractivity contribution in [2.24, 2.45) is 0 Å². The van der Waals surface area contributed by atoms with E-state index in [-0.39, 0.29) is 5.15 Å². The summed E-state index contributed by atoms with van der Waals surface area (Å²) in [6.45, 7) is 0. The molecular formula is C12H7ClN3. The van der Waals surface area contributed by atoms with Gasteiger partial charge in [-0.25, -0.2) is 0 Å². The van der Waals surface area contributed by atoms with Crippen LogP contribution < -0.4 is 0 Å². The summed E-state index contributed by atoms with van der Waals surface area (Å²) in [5.41, 5.74) is 0.904. The van der Waals surface area contributed by atoms with Gasteiger partial charge in [0, 0.05) is 5.39 Å². The van der Waals surface area contributed by atoms with Crippen molar-refractivity contribution in [3.8, 4) is 5.69 Å². The Balaban J connectivity index is 2.31. The summed E-state index contributed by atoms with van der Waals surface area (Å²) < 4.78 is 0. The van der Waals surface area contributed by atoms with Gasteiger partial charge in [0.25, 0.3) is 0 Å². The van der Waals surface area contributed by atoms with E-state index in [1.807, 2.05) is 42.5 Å². The average Bonchev–Trinajstić information content (AvgIpc) is 2.75. The van der Waals surface area contributed by atoms with Gasteiger partial charge in [-0.2, -0.15) is 0 Å². The summed E-state index contributed by atoms with van der Waals surface area (Å²) >= 11 is 5.71. The Morgan fingerprint density at radius 1 is 1.06 bits per heavy atom. The normalized spacial score (nSPS) is 10.8. The topological polar surface area (TPSA) is 30.7 Å². The molecule has 3 rings (SSSR count). The SMILES string of the molecule is Clc1[c]nn(-c2cccc3ccccc23)n1. The Hall–Kier alpha value is -1.87. The van der Waals surface area contributed by atoms with Crippen molar-refractivity contribution in [2.75, 3.05) is 0 Å². The smallest absolute Gasteiger partial charge is 0.149 e. The lowest BCUT2D eigenvalue weighted by Crippen LogP contribution is -1.99. The molecule has 3 aromatic rings. The second-order valence-electron chi connectivity index (χ2n) is 3.39. The van der Waals surface area contributed by atoms with Crippen LogP contribution in [-0.4, -0.2) is 15.0 Å². The highest BCUT2D eigenvalue weighted by atomic mass is 35.5. The van der Waals surface area contributed by atoms with Gasteiger partial charge in [-0.1, -0.05) is 48.0 Å². The summed E-state index contributed by atoms with van der Waals surface area (Å²) in [6, 6.07) is 14.0. The number of hydrogen-bond donors (Lipinski definition) is 0. The molecule has 0 aliphatic carbocycles. The van der Waals surface area contributed by atoms with Crippen molar-refractivity contribution in [2.45, 2.75) is 0 Å². The van der Waals surface area contributed by atoms with E-state index in [0.29, 0.717) is 0 Å². The van der Waals surface area contributed by atoms with Gasteiger partial charge >= 0.3 is 0 Å². The zero-order valence-corrected chi connectivity index (χ0v) is 9.02. The van der Waals surface area contributed by atoms with Gasteiger partial charge in [0.15, 0.2) is 11.3 Å². The predicted octanol–water partition coefficient (Wildman–Crippen LogP) is 2.87. The monoisotopic (exact) mass is 228 g/mol. The van der Waals surface area contributed by atoms with Crippen LogP contribution in [0.15, 0.2) is 42.5 Å². The minimum Gasteiger partial charge on any atom is -0.149 e. The molecule has 0 saturated carbocycles. The van der Waals surface area contributed by atoms with Gasteiger partial charge in [0.1, 0.15) is 0 Å². The Morgan fingerprint density at radius 3 is 2.69 bits per heavy atom. The van der Waals surface area contributed by atoms with Crippen molar-refractivity contribution in [3.63, 3.8) is 0 Å². The van der Waals surface area contributed by atoms with E-state index in [9.17, 15) is 0 Å². The summed E-state index contributed by atoms with van der Waals surface area (Å²) in [5.74, 6) is 0. The Bertz CT molecular complexity index is 640. The molecule has 77 valence electrons. The zero-order chi connectivity index (χ0) is 11.0. The third-order valence-corrected chi connectivity index (χ3v) is 2.56. The molecule has 0 saturated heterocycles. The lowest BCUT2D eigenvalue weighted by Gasteiger charge is -2.04. The first kappa shape index (κ1) is 9.36. The molecule has 0 N–H and O–H groups in total. The van der Waals surface area contributed by atoms with Crippen molar-refractivity contribution in [1.29, 1.82) is 0 Å². The minimum absolute atomic E-state index is 0.271. The number of hydrogen-bond acceptors (Lipinski definition) is 2. The summed E-state index contributed by atoms with van der Waals surface area (Å²) in [4.78, 5) is 1.49. The van der Waals surface area contributed by atoms with Crippen LogP contribution in [0.25, 0.3) is 16.5 Å². The summed E-state index contributed by atoms with van der Waals surface area (Å²) in [5, 5.41) is 10.5. The molecule has 0 spiro atoms. The lowest BCUT2D eigenvalue weighted by atomic mass is 10.1. The number of nitrogens with zero attached hydrogens (tertiary/aromatic N) is 3. The van der Waals surface area contributed by atoms with Crippen LogP contribution in [0.1, 0.15) is 0 Å². The fourth-order valence-corrected chi connectivity index (χ4v) is 1.82. The highest BCUT2D eigenvalue weighted by molar-refractivity contribution is 6.29. The standard InChI is InChI=1S/C12H7ClN3/c13-12-8-14-16(15-12)11-7-3-5-9-4-1-2-6-10(9)11/h1-7H. The lowest BCUT2D eigenvalue weighted by molar-refractivity contribution is 0.756. The number of aromatic nitrogens is 3. The fraction of sp³-hybridized carbons (Fsp3) is 0. The van der Waals surface area contributed by atoms with Crippen LogP contribution in [0, 0.1) is 6.20 Å². The molecule has 16 heavy (non-hydrogen) atoms. The average molecular weight is 229 g/mol. The fourth-order valence-electron chi connectivity index (χ4n) is 1.71. The van der Waals surface area contributed by atoms with Gasteiger partial charge in [0.05, 0.1) is 5.69 Å². The van der Waals surface area contributed by atoms with E-state index < -0.39 is 0 Å². The molecule has 0 amide bonds. The molecule has 1 radical (unpaired) electrons. The largest absolute Gasteiger partial charge is 0.181 e. The third kappa shape index (κ3) is 1.46. The van der Waals surface area contributed by atoms with Crippen LogP contribution in [-0.2, 0) is 0 Å². The predicted molar refractivity (Wildman–Crippen MR) is 62.7 cm³/mol. The number of benzene rings is 2. The minimum atomic E-state index is 0.271. The Morgan fingerprint density at radius 2 is 1.88 bits per heavy atom. The number of halogens is 1. The second-order valence-corrected chi connectivity index (χ2v) is 3.75. The van der Waals surface area contributed by atoms with Gasteiger partial charge < -0.3 is 0 Å². The molecular weight excluding hydrogens is 222 g/mol. The van der Waals surface area contributed by atoms with Gasteiger partial charge in [-0.3, -0.25) is 0 Å². The van der Waals surface area contributed by atoms with E-state index in [1.54, 1.807) is 0 Å². The van der Waals surface area contributed by atoms with Crippen molar-refractivity contribution < 1.29 is 0 Å². The van der Waals surface area contributed by atoms with Crippen LogP contribution in [0.2, 0.25) is 5.15 Å². The molecule has 1 aromatic heterocycles. The molecule has 3 nitrogen and oxygen atoms in total. The molecule has 1 heterocycles. The van der Waals surface area contributed by atoms with Gasteiger partial charge in [-0.15, -0.1) is 15.0 Å². The number of rotatable bonds is 1. The van der Waals surface area contributed by atoms with Crippen LogP contribution in [0.3, 0.4) is 0 Å². The van der Waals surface area contributed by atoms with Crippen LogP contribution in [0.5, 0.6) is 0 Å². The Labute approximate surface area is 97.3 Å². The van der Waals surface area contributed by atoms with Crippen molar-refractivity contribution in [1.82, 2.24) is 15.0 Å². The Kier molecular flexibility index (Phi) is 2.11. The second kappa shape index (κ2) is 3.61. The van der Waals surface area contributed by atoms with E-state index in [0.717, 1.165) is 16.5 Å². The summed E-state index contributed by atoms with van der Waals surface area (Å²) in [7, 11) is 0. The van der Waals surface area contributed by atoms with E-state index >= 15 is 0 Å². The first-order chi connectivity index (χ1) is 7.84. The van der Waals surface area contributed by atoms with Crippen LogP contribution >= 0.6 is 11.6 Å². The van der Waals surface area contributed by atoms with Crippen LogP contribution in [0.4, 0.5) is 0 Å². The molecule has 4 heteroatoms. The van der Waals surface area contributed by atoms with E-state index in [4.69, 9.17) is 11.6 Å². The van der Waals surface area contributed by atoms with Gasteiger partial charge in [0.2, 0.25) is 0 Å². The maximum absolute atomic E-state index is 5.71. The molecule has 0 aliphatic heterocycles. The first-order valence-corrected chi connectivity index (χ1v) is 5.21. The maximum Gasteiger partial charge on any atom is 0.181 e. The molecule has 0 aliphatic rings. The highest BCUT2D eigenvalue weighted by Gasteiger charge is 2.05. The summed E-state index contributed by atoms with van der Waals surface area (Å²) in [6.07, 6.45) is 2.60. The molecule has 2 aromatic carbocycles. The third-order valence-electron chi connectivity index (χ3n) is 2.40. The van der Waals surface area contributed by atoms with E-state index in [1.165, 1.54) is 4.80 Å². The molecule has 0 unspecified atom stereocenters. The molecule has 0 bridgehead atoms. The van der Waals surface area contributed by atoms with E-state index in [2.05, 4.69) is 16.4 Å². The van der Waals surface area contributed by atoms with Crippen molar-refractivity contribution >= 4 is 22.4 Å². The van der Waals surface area contributed by atoms with Crippen molar-refractivity contribution in [3.05, 3.63) is 53.8 Å². The quantitative estimate of drug-likeness (QED) is 0.641. The maximum atomic E-state index is 5.71. The zero-order valence-electron chi connectivity index (χ0n) is 8.26. The molecule has 0 fully saturated rings. The number of fused-ring (bicyclic) bond motifs is 1.